The second kappa shape index (κ2) is 12.4. The molecular formula is C25H33NO6S. The van der Waals surface area contributed by atoms with Gasteiger partial charge in [-0.2, -0.15) is 0 Å². The highest BCUT2D eigenvalue weighted by atomic mass is 32.1. The van der Waals surface area contributed by atoms with Gasteiger partial charge in [0.25, 0.3) is 0 Å². The van der Waals surface area contributed by atoms with E-state index in [0.717, 1.165) is 17.1 Å². The van der Waals surface area contributed by atoms with Crippen LogP contribution < -0.4 is 10.1 Å². The number of aryl methyl sites for hydroxylation is 1. The van der Waals surface area contributed by atoms with E-state index >= 15 is 0 Å². The Bertz CT molecular complexity index is 995. The van der Waals surface area contributed by atoms with Crippen LogP contribution in [0.2, 0.25) is 0 Å². The van der Waals surface area contributed by atoms with Crippen molar-refractivity contribution < 1.29 is 28.6 Å². The number of hydrogen-bond donors (Lipinski definition) is 1. The summed E-state index contributed by atoms with van der Waals surface area (Å²) < 4.78 is 16.0. The van der Waals surface area contributed by atoms with Crippen molar-refractivity contribution in [2.45, 2.75) is 60.3 Å². The van der Waals surface area contributed by atoms with Gasteiger partial charge in [0.05, 0.1) is 25.4 Å². The molecule has 8 heteroatoms. The summed E-state index contributed by atoms with van der Waals surface area (Å²) >= 11 is 1.02. The second-order valence-electron chi connectivity index (χ2n) is 7.87. The fraction of sp³-hybridized carbons (Fsp3) is 0.480. The normalized spacial score (nSPS) is 10.8. The van der Waals surface area contributed by atoms with E-state index in [9.17, 15) is 14.4 Å². The van der Waals surface area contributed by atoms with Crippen LogP contribution in [0, 0.1) is 13.8 Å². The zero-order chi connectivity index (χ0) is 24.5. The fourth-order valence-corrected chi connectivity index (χ4v) is 4.54. The average molecular weight is 476 g/mol. The number of benzene rings is 1. The van der Waals surface area contributed by atoms with E-state index in [0.29, 0.717) is 29.5 Å². The molecule has 1 aromatic carbocycles. The Kier molecular flexibility index (Phi) is 9.91. The van der Waals surface area contributed by atoms with Crippen molar-refractivity contribution in [1.29, 1.82) is 0 Å². The van der Waals surface area contributed by atoms with Gasteiger partial charge in [0.1, 0.15) is 15.6 Å². The van der Waals surface area contributed by atoms with Crippen LogP contribution in [0.3, 0.4) is 0 Å². The molecule has 1 amide bonds. The minimum atomic E-state index is -0.583. The van der Waals surface area contributed by atoms with Crippen molar-refractivity contribution in [3.8, 4) is 5.75 Å². The molecule has 1 aromatic heterocycles. The van der Waals surface area contributed by atoms with Crippen molar-refractivity contribution in [2.75, 3.05) is 25.1 Å². The van der Waals surface area contributed by atoms with Crippen molar-refractivity contribution in [2.24, 2.45) is 0 Å². The van der Waals surface area contributed by atoms with Crippen LogP contribution in [-0.4, -0.2) is 37.7 Å². The Morgan fingerprint density at radius 3 is 2.30 bits per heavy atom. The molecule has 0 radical (unpaired) electrons. The minimum absolute atomic E-state index is 0.186. The highest BCUT2D eigenvalue weighted by molar-refractivity contribution is 7.18. The molecule has 0 saturated carbocycles. The van der Waals surface area contributed by atoms with E-state index in [-0.39, 0.29) is 36.0 Å². The molecule has 0 aliphatic rings. The molecule has 0 saturated heterocycles. The first-order valence-corrected chi connectivity index (χ1v) is 12.0. The van der Waals surface area contributed by atoms with Gasteiger partial charge in [0, 0.05) is 6.42 Å². The molecular weight excluding hydrogens is 442 g/mol. The predicted molar refractivity (Wildman–Crippen MR) is 130 cm³/mol. The van der Waals surface area contributed by atoms with Crippen molar-refractivity contribution >= 4 is 34.2 Å². The third kappa shape index (κ3) is 7.05. The Labute approximate surface area is 199 Å². The van der Waals surface area contributed by atoms with Gasteiger partial charge in [0.2, 0.25) is 5.91 Å². The molecule has 2 rings (SSSR count). The van der Waals surface area contributed by atoms with Gasteiger partial charge in [-0.1, -0.05) is 19.9 Å². The SMILES string of the molecule is CCOC(=O)c1sc(NC(=O)CCCOc2ccc(C(C)C)c(C)c2)c(C(=O)OCC)c1C. The van der Waals surface area contributed by atoms with E-state index in [2.05, 4.69) is 32.2 Å². The van der Waals surface area contributed by atoms with Crippen molar-refractivity contribution in [3.63, 3.8) is 0 Å². The number of anilines is 1. The van der Waals surface area contributed by atoms with E-state index in [1.165, 1.54) is 11.1 Å². The van der Waals surface area contributed by atoms with E-state index in [1.54, 1.807) is 20.8 Å². The lowest BCUT2D eigenvalue weighted by atomic mass is 9.98. The lowest BCUT2D eigenvalue weighted by Crippen LogP contribution is -2.15. The van der Waals surface area contributed by atoms with Crippen molar-refractivity contribution in [3.05, 3.63) is 45.3 Å². The summed E-state index contributed by atoms with van der Waals surface area (Å²) in [6, 6.07) is 6.02. The largest absolute Gasteiger partial charge is 0.494 e. The standard InChI is InChI=1S/C25H33NO6S/c1-7-30-24(28)21-17(6)22(25(29)31-8-2)33-23(21)26-20(27)10-9-13-32-18-11-12-19(15(3)4)16(5)14-18/h11-12,14-15H,7-10,13H2,1-6H3,(H,26,27). The lowest BCUT2D eigenvalue weighted by molar-refractivity contribution is -0.116. The highest BCUT2D eigenvalue weighted by Crippen LogP contribution is 2.34. The second-order valence-corrected chi connectivity index (χ2v) is 8.90. The summed E-state index contributed by atoms with van der Waals surface area (Å²) in [4.78, 5) is 37.5. The van der Waals surface area contributed by atoms with Crippen LogP contribution in [-0.2, 0) is 14.3 Å². The van der Waals surface area contributed by atoms with Gasteiger partial charge in [0.15, 0.2) is 0 Å². The zero-order valence-corrected chi connectivity index (χ0v) is 21.0. The summed E-state index contributed by atoms with van der Waals surface area (Å²) in [6.45, 7) is 12.2. The Morgan fingerprint density at radius 2 is 1.70 bits per heavy atom. The highest BCUT2D eigenvalue weighted by Gasteiger charge is 2.27. The van der Waals surface area contributed by atoms with Crippen LogP contribution in [0.4, 0.5) is 5.00 Å². The quantitative estimate of drug-likeness (QED) is 0.334. The molecule has 1 N–H and O–H groups in total. The van der Waals surface area contributed by atoms with Crippen LogP contribution >= 0.6 is 11.3 Å². The smallest absolute Gasteiger partial charge is 0.348 e. The summed E-state index contributed by atoms with van der Waals surface area (Å²) in [5.41, 5.74) is 3.09. The van der Waals surface area contributed by atoms with Gasteiger partial charge in [-0.3, -0.25) is 4.79 Å². The molecule has 0 fully saturated rings. The molecule has 0 aliphatic heterocycles. The van der Waals surface area contributed by atoms with E-state index in [1.807, 2.05) is 12.1 Å². The Hall–Kier alpha value is -2.87. The molecule has 0 unspecified atom stereocenters. The van der Waals surface area contributed by atoms with Crippen LogP contribution in [0.5, 0.6) is 5.75 Å². The Balaban J connectivity index is 2.00. The number of carbonyl (C=O) groups is 3. The van der Waals surface area contributed by atoms with Crippen molar-refractivity contribution in [1.82, 2.24) is 0 Å². The van der Waals surface area contributed by atoms with Gasteiger partial charge in [-0.25, -0.2) is 9.59 Å². The van der Waals surface area contributed by atoms with Gasteiger partial charge in [-0.15, -0.1) is 11.3 Å². The maximum absolute atomic E-state index is 12.5. The summed E-state index contributed by atoms with van der Waals surface area (Å²) in [5, 5.41) is 3.04. The number of amides is 1. The number of carbonyl (C=O) groups excluding carboxylic acids is 3. The predicted octanol–water partition coefficient (Wildman–Crippen LogP) is 5.64. The van der Waals surface area contributed by atoms with Crippen LogP contribution in [0.15, 0.2) is 18.2 Å². The topological polar surface area (TPSA) is 90.9 Å². The average Bonchev–Trinajstić information content (AvgIpc) is 3.07. The molecule has 33 heavy (non-hydrogen) atoms. The molecule has 0 spiro atoms. The number of rotatable bonds is 11. The molecule has 0 atom stereocenters. The number of thiophene rings is 1. The number of nitrogens with one attached hydrogen (secondary N) is 1. The first kappa shape index (κ1) is 26.4. The van der Waals surface area contributed by atoms with Gasteiger partial charge < -0.3 is 19.5 Å². The van der Waals surface area contributed by atoms with Crippen LogP contribution in [0.1, 0.15) is 83.2 Å². The van der Waals surface area contributed by atoms with E-state index < -0.39 is 11.9 Å². The molecule has 180 valence electrons. The number of hydrogen-bond acceptors (Lipinski definition) is 7. The number of esters is 2. The third-order valence-electron chi connectivity index (χ3n) is 5.02. The molecule has 7 nitrogen and oxygen atoms in total. The molecule has 2 aromatic rings. The molecule has 0 aliphatic carbocycles. The van der Waals surface area contributed by atoms with Gasteiger partial charge >= 0.3 is 11.9 Å². The minimum Gasteiger partial charge on any atom is -0.494 e. The third-order valence-corrected chi connectivity index (χ3v) is 6.21. The summed E-state index contributed by atoms with van der Waals surface area (Å²) in [6.07, 6.45) is 0.706. The first-order valence-electron chi connectivity index (χ1n) is 11.2. The number of ether oxygens (including phenoxy) is 3. The lowest BCUT2D eigenvalue weighted by Gasteiger charge is -2.12. The summed E-state index contributed by atoms with van der Waals surface area (Å²) in [5.74, 6) is -0.159. The molecule has 0 bridgehead atoms. The Morgan fingerprint density at radius 1 is 1.03 bits per heavy atom. The van der Waals surface area contributed by atoms with Gasteiger partial charge in [-0.05, 0) is 68.9 Å². The zero-order valence-electron chi connectivity index (χ0n) is 20.2. The molecule has 1 heterocycles. The summed E-state index contributed by atoms with van der Waals surface area (Å²) in [7, 11) is 0. The maximum Gasteiger partial charge on any atom is 0.348 e. The maximum atomic E-state index is 12.5. The van der Waals surface area contributed by atoms with E-state index in [4.69, 9.17) is 14.2 Å². The fourth-order valence-electron chi connectivity index (χ4n) is 3.44. The van der Waals surface area contributed by atoms with Crippen LogP contribution in [0.25, 0.3) is 0 Å². The monoisotopic (exact) mass is 475 g/mol. The first-order chi connectivity index (χ1) is 15.7.